The number of aryl methyl sites for hydroxylation is 2. The number of aromatic hydroxyl groups is 1. The lowest BCUT2D eigenvalue weighted by molar-refractivity contribution is 0.0987. The fourth-order valence-corrected chi connectivity index (χ4v) is 11.6. The number of carbonyl (C=O) groups excluding carboxylic acids is 2. The SMILES string of the molecule is COc1cccc(Nc2c(C(N)=O)cnc3c(C)cc(S(=O)(=O)c4cccc(C(=O)N(C)c5ccc(CCCCOCCCCCCNC[C@H](O[Si](C)(C)C(C)(C)C)c6ccc(O)c7[nH]c(=O)ccc67)cc5)c4)cc23)c1. The maximum atomic E-state index is 14.3. The average molecular weight is 1070 g/mol. The van der Waals surface area contributed by atoms with E-state index in [-0.39, 0.29) is 49.3 Å². The van der Waals surface area contributed by atoms with Crippen LogP contribution in [0.4, 0.5) is 17.1 Å². The summed E-state index contributed by atoms with van der Waals surface area (Å²) in [7, 11) is -3.12. The van der Waals surface area contributed by atoms with Crippen molar-refractivity contribution in [1.29, 1.82) is 0 Å². The van der Waals surface area contributed by atoms with E-state index in [1.165, 1.54) is 41.4 Å². The number of sulfone groups is 1. The summed E-state index contributed by atoms with van der Waals surface area (Å²) in [6.07, 6.45) is 8.06. The van der Waals surface area contributed by atoms with Crippen LogP contribution in [-0.4, -0.2) is 84.1 Å². The van der Waals surface area contributed by atoms with Gasteiger partial charge < -0.3 is 45.3 Å². The second-order valence-electron chi connectivity index (χ2n) is 20.8. The normalized spacial score (nSPS) is 12.5. The van der Waals surface area contributed by atoms with E-state index in [1.54, 1.807) is 69.6 Å². The lowest BCUT2D eigenvalue weighted by Gasteiger charge is -2.39. The Balaban J connectivity index is 0.849. The largest absolute Gasteiger partial charge is 0.506 e. The van der Waals surface area contributed by atoms with Gasteiger partial charge in [-0.25, -0.2) is 8.42 Å². The zero-order chi connectivity index (χ0) is 54.8. The highest BCUT2D eigenvalue weighted by molar-refractivity contribution is 7.91. The number of benzene rings is 5. The van der Waals surface area contributed by atoms with E-state index in [4.69, 9.17) is 19.6 Å². The van der Waals surface area contributed by atoms with Crippen LogP contribution in [0.2, 0.25) is 18.1 Å². The third kappa shape index (κ3) is 13.7. The van der Waals surface area contributed by atoms with Crippen LogP contribution >= 0.6 is 0 Å². The van der Waals surface area contributed by atoms with Gasteiger partial charge in [0.15, 0.2) is 8.32 Å². The monoisotopic (exact) mass is 1070 g/mol. The molecule has 17 heteroatoms. The Morgan fingerprint density at radius 3 is 2.30 bits per heavy atom. The number of ether oxygens (including phenoxy) is 2. The molecule has 402 valence electrons. The summed E-state index contributed by atoms with van der Waals surface area (Å²) in [5.74, 6) is -0.489. The Bertz CT molecular complexity index is 3360. The van der Waals surface area contributed by atoms with Crippen molar-refractivity contribution in [2.24, 2.45) is 5.73 Å². The molecule has 0 aliphatic carbocycles. The molecule has 0 spiro atoms. The number of nitrogens with two attached hydrogens (primary N) is 1. The Labute approximate surface area is 447 Å². The number of fused-ring (bicyclic) bond motifs is 2. The Morgan fingerprint density at radius 1 is 0.855 bits per heavy atom. The van der Waals surface area contributed by atoms with Crippen LogP contribution in [0.15, 0.2) is 130 Å². The molecule has 0 saturated carbocycles. The van der Waals surface area contributed by atoms with E-state index >= 15 is 0 Å². The molecule has 2 aromatic heterocycles. The van der Waals surface area contributed by atoms with Gasteiger partial charge in [0, 0.05) is 72.8 Å². The van der Waals surface area contributed by atoms with Gasteiger partial charge >= 0.3 is 0 Å². The smallest absolute Gasteiger partial charge is 0.258 e. The quantitative estimate of drug-likeness (QED) is 0.0267. The summed E-state index contributed by atoms with van der Waals surface area (Å²) >= 11 is 0. The van der Waals surface area contributed by atoms with Crippen LogP contribution in [0, 0.1) is 6.92 Å². The van der Waals surface area contributed by atoms with Gasteiger partial charge in [-0.1, -0.05) is 63.9 Å². The molecule has 7 rings (SSSR count). The van der Waals surface area contributed by atoms with Crippen molar-refractivity contribution in [1.82, 2.24) is 15.3 Å². The molecule has 0 aliphatic heterocycles. The van der Waals surface area contributed by atoms with E-state index in [2.05, 4.69) is 54.5 Å². The Hall–Kier alpha value is -6.89. The van der Waals surface area contributed by atoms with Crippen molar-refractivity contribution >= 4 is 68.8 Å². The molecule has 15 nitrogen and oxygen atoms in total. The molecule has 6 N–H and O–H groups in total. The number of H-pyrrole nitrogens is 1. The highest BCUT2D eigenvalue weighted by Gasteiger charge is 2.40. The number of nitrogens with zero attached hydrogens (tertiary/aromatic N) is 2. The average Bonchev–Trinajstić information content (AvgIpc) is 3.39. The number of nitrogens with one attached hydrogen (secondary N) is 3. The summed E-state index contributed by atoms with van der Waals surface area (Å²) in [4.78, 5) is 47.2. The minimum atomic E-state index is -4.17. The first-order valence-electron chi connectivity index (χ1n) is 25.9. The number of primary amides is 1. The van der Waals surface area contributed by atoms with Gasteiger partial charge in [0.05, 0.1) is 45.3 Å². The lowest BCUT2D eigenvalue weighted by atomic mass is 10.0. The van der Waals surface area contributed by atoms with Gasteiger partial charge in [0.2, 0.25) is 15.4 Å². The molecule has 0 unspecified atom stereocenters. The minimum Gasteiger partial charge on any atom is -0.506 e. The van der Waals surface area contributed by atoms with Crippen LogP contribution in [0.25, 0.3) is 21.8 Å². The van der Waals surface area contributed by atoms with Gasteiger partial charge in [0.25, 0.3) is 11.8 Å². The number of rotatable bonds is 25. The van der Waals surface area contributed by atoms with Gasteiger partial charge in [-0.3, -0.25) is 19.4 Å². The number of anilines is 3. The fourth-order valence-electron chi connectivity index (χ4n) is 8.86. The number of carbonyl (C=O) groups is 2. The molecule has 1 atom stereocenters. The van der Waals surface area contributed by atoms with E-state index in [0.717, 1.165) is 74.6 Å². The second-order valence-corrected chi connectivity index (χ2v) is 27.5. The molecule has 2 amide bonds. The number of phenolic OH excluding ortho intramolecular Hbond substituents is 1. The van der Waals surface area contributed by atoms with Gasteiger partial charge in [-0.05, 0) is 147 Å². The van der Waals surface area contributed by atoms with Crippen molar-refractivity contribution in [2.75, 3.05) is 50.7 Å². The number of phenols is 1. The third-order valence-corrected chi connectivity index (χ3v) is 20.5. The first kappa shape index (κ1) is 56.8. The zero-order valence-corrected chi connectivity index (χ0v) is 46.7. The molecule has 0 fully saturated rings. The first-order valence-corrected chi connectivity index (χ1v) is 30.2. The Kier molecular flexibility index (Phi) is 18.6. The molecule has 0 radical (unpaired) electrons. The molecule has 7 aromatic rings. The number of aromatic amines is 1. The van der Waals surface area contributed by atoms with Crippen molar-refractivity contribution in [3.8, 4) is 11.5 Å². The highest BCUT2D eigenvalue weighted by Crippen LogP contribution is 2.41. The first-order chi connectivity index (χ1) is 36.2. The minimum absolute atomic E-state index is 0.0105. The number of pyridine rings is 2. The van der Waals surface area contributed by atoms with Gasteiger partial charge in [-0.2, -0.15) is 0 Å². The number of methoxy groups -OCH3 is 1. The topological polar surface area (TPSA) is 215 Å². The van der Waals surface area contributed by atoms with E-state index in [9.17, 15) is 27.9 Å². The summed E-state index contributed by atoms with van der Waals surface area (Å²) in [5.41, 5.74) is 10.9. The highest BCUT2D eigenvalue weighted by atomic mass is 32.2. The van der Waals surface area contributed by atoms with Crippen molar-refractivity contribution < 1.29 is 37.0 Å². The van der Waals surface area contributed by atoms with E-state index < -0.39 is 24.1 Å². The number of hydrogen-bond acceptors (Lipinski definition) is 12. The van der Waals surface area contributed by atoms with Crippen LogP contribution < -0.4 is 31.6 Å². The predicted octanol–water partition coefficient (Wildman–Crippen LogP) is 11.3. The van der Waals surface area contributed by atoms with Crippen molar-refractivity contribution in [2.45, 2.75) is 107 Å². The van der Waals surface area contributed by atoms with Crippen molar-refractivity contribution in [3.05, 3.63) is 154 Å². The molecule has 0 bridgehead atoms. The third-order valence-electron chi connectivity index (χ3n) is 14.3. The molecule has 0 aliphatic rings. The van der Waals surface area contributed by atoms with E-state index in [1.807, 2.05) is 30.3 Å². The summed E-state index contributed by atoms with van der Waals surface area (Å²) < 4.78 is 46.9. The van der Waals surface area contributed by atoms with Gasteiger partial charge in [-0.15, -0.1) is 0 Å². The second kappa shape index (κ2) is 24.8. The van der Waals surface area contributed by atoms with Crippen LogP contribution in [0.5, 0.6) is 11.5 Å². The van der Waals surface area contributed by atoms with Crippen LogP contribution in [0.1, 0.15) is 103 Å². The fraction of sp³-hybridized carbons (Fsp3) is 0.356. The standard InChI is InChI=1S/C59H72N6O9SSi/c1-39-33-46(36-49-54(39)62-37-50(57(60)68)55(49)63-42-19-16-20-44(35-42)72-6)75(70,71)45-21-15-18-41(34-45)58(69)65(5)43-24-22-40(23-25-43)17-11-14-32-73-31-13-10-9-12-30-61-38-52(74-76(7,8)59(2,3)4)47-26-28-51(66)56-48(47)27-29-53(67)64-56/h15-16,18-29,33-37,52,61,66H,9-14,17,30-32,38H2,1-8H3,(H2,60,68)(H,62,63)(H,64,67)/t52-/m0/s1. The summed E-state index contributed by atoms with van der Waals surface area (Å²) in [6, 6.07) is 30.7. The van der Waals surface area contributed by atoms with Gasteiger partial charge in [0.1, 0.15) is 11.5 Å². The molecule has 5 aromatic carbocycles. The molecular formula is C59H72N6O9SSi. The molecule has 0 saturated heterocycles. The van der Waals surface area contributed by atoms with Crippen LogP contribution in [0.3, 0.4) is 0 Å². The maximum absolute atomic E-state index is 14.3. The maximum Gasteiger partial charge on any atom is 0.258 e. The lowest BCUT2D eigenvalue weighted by Crippen LogP contribution is -2.43. The number of unbranched alkanes of at least 4 members (excludes halogenated alkanes) is 4. The summed E-state index contributed by atoms with van der Waals surface area (Å²) in [5, 5.41) is 18.5. The number of aromatic nitrogens is 2. The Morgan fingerprint density at radius 2 is 1.58 bits per heavy atom. The molecular weight excluding hydrogens is 997 g/mol. The van der Waals surface area contributed by atoms with Crippen molar-refractivity contribution in [3.63, 3.8) is 0 Å². The van der Waals surface area contributed by atoms with Crippen LogP contribution in [-0.2, 0) is 25.4 Å². The molecule has 2 heterocycles. The number of hydrogen-bond donors (Lipinski definition) is 5. The van der Waals surface area contributed by atoms with E-state index in [0.29, 0.717) is 57.9 Å². The molecule has 76 heavy (non-hydrogen) atoms. The number of amides is 2. The predicted molar refractivity (Wildman–Crippen MR) is 305 cm³/mol. The zero-order valence-electron chi connectivity index (χ0n) is 44.9. The summed E-state index contributed by atoms with van der Waals surface area (Å²) in [6.45, 7) is 15.8.